The van der Waals surface area contributed by atoms with Crippen molar-refractivity contribution in [1.82, 2.24) is 0 Å². The van der Waals surface area contributed by atoms with Gasteiger partial charge in [0.25, 0.3) is 0 Å². The molecular formula is C23H36O2. The highest BCUT2D eigenvalue weighted by Crippen LogP contribution is 2.50. The van der Waals surface area contributed by atoms with Crippen LogP contribution in [0, 0.1) is 17.8 Å². The highest BCUT2D eigenvalue weighted by Gasteiger charge is 2.49. The zero-order valence-electron chi connectivity index (χ0n) is 16.7. The third kappa shape index (κ3) is 6.49. The SMILES string of the molecule is Cc1ccc(CCCCC2(C(=O)O)CC2)c(CCCCC(C)(C)C)c1. The lowest BCUT2D eigenvalue weighted by atomic mass is 9.88. The van der Waals surface area contributed by atoms with Crippen molar-refractivity contribution >= 4 is 5.97 Å². The van der Waals surface area contributed by atoms with E-state index in [4.69, 9.17) is 0 Å². The fourth-order valence-corrected chi connectivity index (χ4v) is 3.70. The number of benzene rings is 1. The lowest BCUT2D eigenvalue weighted by Crippen LogP contribution is -2.14. The molecule has 1 saturated carbocycles. The Labute approximate surface area is 154 Å². The predicted molar refractivity (Wildman–Crippen MR) is 105 cm³/mol. The van der Waals surface area contributed by atoms with Gasteiger partial charge in [-0.1, -0.05) is 57.4 Å². The number of aryl methyl sites for hydroxylation is 3. The number of hydrogen-bond acceptors (Lipinski definition) is 1. The van der Waals surface area contributed by atoms with Gasteiger partial charge in [-0.3, -0.25) is 4.79 Å². The monoisotopic (exact) mass is 344 g/mol. The second kappa shape index (κ2) is 8.38. The van der Waals surface area contributed by atoms with Crippen molar-refractivity contribution in [2.24, 2.45) is 10.8 Å². The number of carbonyl (C=O) groups is 1. The second-order valence-electron chi connectivity index (χ2n) is 9.33. The van der Waals surface area contributed by atoms with Crippen molar-refractivity contribution < 1.29 is 9.90 Å². The average Bonchev–Trinajstić information content (AvgIpc) is 3.30. The van der Waals surface area contributed by atoms with Gasteiger partial charge in [-0.15, -0.1) is 0 Å². The molecule has 2 nitrogen and oxygen atoms in total. The van der Waals surface area contributed by atoms with Crippen LogP contribution < -0.4 is 0 Å². The fourth-order valence-electron chi connectivity index (χ4n) is 3.70. The van der Waals surface area contributed by atoms with E-state index in [0.717, 1.165) is 38.5 Å². The molecule has 0 unspecified atom stereocenters. The molecule has 0 amide bonds. The average molecular weight is 345 g/mol. The number of hydrogen-bond donors (Lipinski definition) is 1. The zero-order valence-corrected chi connectivity index (χ0v) is 16.7. The Morgan fingerprint density at radius 1 is 1.04 bits per heavy atom. The summed E-state index contributed by atoms with van der Waals surface area (Å²) in [6.45, 7) is 9.12. The Morgan fingerprint density at radius 2 is 1.68 bits per heavy atom. The molecule has 140 valence electrons. The van der Waals surface area contributed by atoms with Crippen molar-refractivity contribution in [3.8, 4) is 0 Å². The number of unbranched alkanes of at least 4 members (excludes halogenated alkanes) is 2. The van der Waals surface area contributed by atoms with E-state index in [0.29, 0.717) is 5.41 Å². The Balaban J connectivity index is 1.80. The molecule has 2 heteroatoms. The molecule has 0 bridgehead atoms. The molecule has 25 heavy (non-hydrogen) atoms. The fraction of sp³-hybridized carbons (Fsp3) is 0.696. The van der Waals surface area contributed by atoms with Crippen LogP contribution in [0.5, 0.6) is 0 Å². The number of aliphatic carboxylic acids is 1. The molecule has 1 N–H and O–H groups in total. The van der Waals surface area contributed by atoms with E-state index >= 15 is 0 Å². The van der Waals surface area contributed by atoms with Crippen molar-refractivity contribution in [2.45, 2.75) is 91.9 Å². The van der Waals surface area contributed by atoms with Crippen LogP contribution in [0.25, 0.3) is 0 Å². The van der Waals surface area contributed by atoms with E-state index in [9.17, 15) is 9.90 Å². The van der Waals surface area contributed by atoms with Gasteiger partial charge < -0.3 is 5.11 Å². The summed E-state index contributed by atoms with van der Waals surface area (Å²) in [5, 5.41) is 9.27. The summed E-state index contributed by atoms with van der Waals surface area (Å²) in [7, 11) is 0. The molecule has 0 radical (unpaired) electrons. The molecule has 0 heterocycles. The van der Waals surface area contributed by atoms with Crippen LogP contribution in [0.3, 0.4) is 0 Å². The molecule has 0 aliphatic heterocycles. The molecule has 0 atom stereocenters. The van der Waals surface area contributed by atoms with E-state index in [-0.39, 0.29) is 5.41 Å². The summed E-state index contributed by atoms with van der Waals surface area (Å²) < 4.78 is 0. The predicted octanol–water partition coefficient (Wildman–Crippen LogP) is 6.33. The summed E-state index contributed by atoms with van der Waals surface area (Å²) in [4.78, 5) is 11.3. The highest BCUT2D eigenvalue weighted by molar-refractivity contribution is 5.77. The van der Waals surface area contributed by atoms with Crippen LogP contribution in [0.2, 0.25) is 0 Å². The molecule has 0 aromatic heterocycles. The molecule has 2 rings (SSSR count). The highest BCUT2D eigenvalue weighted by atomic mass is 16.4. The Morgan fingerprint density at radius 3 is 2.28 bits per heavy atom. The van der Waals surface area contributed by atoms with Gasteiger partial charge in [-0.2, -0.15) is 0 Å². The quantitative estimate of drug-likeness (QED) is 0.503. The molecule has 1 aliphatic carbocycles. The lowest BCUT2D eigenvalue weighted by molar-refractivity contribution is -0.143. The van der Waals surface area contributed by atoms with Gasteiger partial charge in [0, 0.05) is 0 Å². The van der Waals surface area contributed by atoms with Gasteiger partial charge in [0.2, 0.25) is 0 Å². The first-order chi connectivity index (χ1) is 11.7. The normalized spacial score (nSPS) is 16.0. The Kier molecular flexibility index (Phi) is 6.71. The van der Waals surface area contributed by atoms with Gasteiger partial charge in [-0.05, 0) is 74.8 Å². The zero-order chi connectivity index (χ0) is 18.5. The first-order valence-corrected chi connectivity index (χ1v) is 10.0. The van der Waals surface area contributed by atoms with E-state index < -0.39 is 5.97 Å². The van der Waals surface area contributed by atoms with Crippen LogP contribution in [0.1, 0.15) is 88.8 Å². The minimum absolute atomic E-state index is 0.358. The Bertz CT molecular complexity index is 576. The topological polar surface area (TPSA) is 37.3 Å². The van der Waals surface area contributed by atoms with Crippen molar-refractivity contribution in [3.05, 3.63) is 34.9 Å². The van der Waals surface area contributed by atoms with Crippen molar-refractivity contribution in [3.63, 3.8) is 0 Å². The largest absolute Gasteiger partial charge is 0.481 e. The maximum absolute atomic E-state index is 11.3. The second-order valence-corrected chi connectivity index (χ2v) is 9.33. The van der Waals surface area contributed by atoms with Crippen LogP contribution in [-0.2, 0) is 17.6 Å². The van der Waals surface area contributed by atoms with Gasteiger partial charge >= 0.3 is 5.97 Å². The minimum Gasteiger partial charge on any atom is -0.481 e. The summed E-state index contributed by atoms with van der Waals surface area (Å²) in [5.41, 5.74) is 4.40. The van der Waals surface area contributed by atoms with E-state index in [1.165, 1.54) is 42.4 Å². The summed E-state index contributed by atoms with van der Waals surface area (Å²) in [6.07, 6.45) is 10.8. The lowest BCUT2D eigenvalue weighted by Gasteiger charge is -2.18. The van der Waals surface area contributed by atoms with E-state index in [1.807, 2.05) is 0 Å². The first kappa shape index (κ1) is 20.0. The summed E-state index contributed by atoms with van der Waals surface area (Å²) in [6, 6.07) is 6.86. The minimum atomic E-state index is -0.581. The molecule has 1 fully saturated rings. The van der Waals surface area contributed by atoms with Gasteiger partial charge in [0.15, 0.2) is 0 Å². The molecule has 1 aromatic rings. The Hall–Kier alpha value is -1.31. The maximum atomic E-state index is 11.3. The van der Waals surface area contributed by atoms with Crippen LogP contribution >= 0.6 is 0 Å². The van der Waals surface area contributed by atoms with Crippen LogP contribution in [0.4, 0.5) is 0 Å². The molecule has 1 aliphatic rings. The van der Waals surface area contributed by atoms with Crippen molar-refractivity contribution in [2.75, 3.05) is 0 Å². The van der Waals surface area contributed by atoms with Gasteiger partial charge in [-0.25, -0.2) is 0 Å². The molecule has 0 saturated heterocycles. The van der Waals surface area contributed by atoms with E-state index in [2.05, 4.69) is 45.9 Å². The third-order valence-electron chi connectivity index (χ3n) is 5.64. The summed E-state index contributed by atoms with van der Waals surface area (Å²) in [5.74, 6) is -0.581. The standard InChI is InChI=1S/C23H36O2/c1-18-11-12-19(9-6-8-14-23(15-16-23)21(24)25)20(17-18)10-5-7-13-22(2,3)4/h11-12,17H,5-10,13-16H2,1-4H3,(H,24,25). The number of carboxylic acid groups (broad SMARTS) is 1. The number of carboxylic acids is 1. The van der Waals surface area contributed by atoms with Crippen LogP contribution in [0.15, 0.2) is 18.2 Å². The summed E-state index contributed by atoms with van der Waals surface area (Å²) >= 11 is 0. The maximum Gasteiger partial charge on any atom is 0.309 e. The van der Waals surface area contributed by atoms with Crippen molar-refractivity contribution in [1.29, 1.82) is 0 Å². The first-order valence-electron chi connectivity index (χ1n) is 10.0. The molecule has 0 spiro atoms. The van der Waals surface area contributed by atoms with E-state index in [1.54, 1.807) is 0 Å². The molecule has 1 aromatic carbocycles. The van der Waals surface area contributed by atoms with Crippen LogP contribution in [-0.4, -0.2) is 11.1 Å². The van der Waals surface area contributed by atoms with Gasteiger partial charge in [0.05, 0.1) is 5.41 Å². The molecular weight excluding hydrogens is 308 g/mol. The third-order valence-corrected chi connectivity index (χ3v) is 5.64. The number of rotatable bonds is 10. The van der Waals surface area contributed by atoms with Gasteiger partial charge in [0.1, 0.15) is 0 Å². The smallest absolute Gasteiger partial charge is 0.309 e.